The van der Waals surface area contributed by atoms with Gasteiger partial charge in [-0.2, -0.15) is 0 Å². The molecule has 1 amide bonds. The van der Waals surface area contributed by atoms with Gasteiger partial charge in [-0.3, -0.25) is 9.59 Å². The molecular weight excluding hydrogens is 264 g/mol. The Balaban J connectivity index is 0.00000180. The lowest BCUT2D eigenvalue weighted by Crippen LogP contribution is -2.42. The number of carbonyl (C=O) groups excluding carboxylic acids is 2. The largest absolute Gasteiger partial charge is 0.339 e. The lowest BCUT2D eigenvalue weighted by atomic mass is 10.0. The predicted molar refractivity (Wildman–Crippen MR) is 76.8 cm³/mol. The number of ketones is 1. The van der Waals surface area contributed by atoms with E-state index in [1.807, 2.05) is 4.90 Å². The fourth-order valence-corrected chi connectivity index (χ4v) is 2.13. The number of nitrogens with two attached hydrogens (primary N) is 1. The van der Waals surface area contributed by atoms with E-state index < -0.39 is 0 Å². The van der Waals surface area contributed by atoms with Crippen LogP contribution in [-0.2, 0) is 0 Å². The van der Waals surface area contributed by atoms with Crippen LogP contribution in [0.1, 0.15) is 40.5 Å². The van der Waals surface area contributed by atoms with E-state index in [1.54, 1.807) is 24.3 Å². The summed E-state index contributed by atoms with van der Waals surface area (Å²) < 4.78 is 0. The zero-order valence-electron chi connectivity index (χ0n) is 11.0. The Kier molecular flexibility index (Phi) is 5.51. The predicted octanol–water partition coefficient (Wildman–Crippen LogP) is 1.87. The zero-order chi connectivity index (χ0) is 13.1. The Morgan fingerprint density at radius 3 is 2.05 bits per heavy atom. The third-order valence-electron chi connectivity index (χ3n) is 3.37. The van der Waals surface area contributed by atoms with Crippen molar-refractivity contribution in [3.63, 3.8) is 0 Å². The van der Waals surface area contributed by atoms with Gasteiger partial charge in [-0.1, -0.05) is 12.1 Å². The lowest BCUT2D eigenvalue weighted by molar-refractivity contribution is 0.0714. The molecule has 0 atom stereocenters. The zero-order valence-corrected chi connectivity index (χ0v) is 11.8. The third kappa shape index (κ3) is 3.78. The first-order valence-corrected chi connectivity index (χ1v) is 6.24. The van der Waals surface area contributed by atoms with E-state index in [2.05, 4.69) is 0 Å². The summed E-state index contributed by atoms with van der Waals surface area (Å²) in [6.45, 7) is 2.95. The van der Waals surface area contributed by atoms with Crippen LogP contribution in [-0.4, -0.2) is 35.7 Å². The van der Waals surface area contributed by atoms with Crippen LogP contribution >= 0.6 is 12.4 Å². The number of hydrogen-bond acceptors (Lipinski definition) is 3. The molecule has 0 radical (unpaired) electrons. The molecule has 1 saturated heterocycles. The van der Waals surface area contributed by atoms with Crippen LogP contribution in [0.3, 0.4) is 0 Å². The molecule has 1 aromatic carbocycles. The number of likely N-dealkylation sites (tertiary alicyclic amines) is 1. The first-order valence-electron chi connectivity index (χ1n) is 6.24. The second-order valence-corrected chi connectivity index (χ2v) is 4.76. The molecule has 104 valence electrons. The number of amides is 1. The maximum absolute atomic E-state index is 12.2. The molecule has 0 saturated carbocycles. The number of rotatable bonds is 2. The maximum atomic E-state index is 12.2. The summed E-state index contributed by atoms with van der Waals surface area (Å²) in [4.78, 5) is 25.2. The van der Waals surface area contributed by atoms with Crippen LogP contribution < -0.4 is 5.73 Å². The van der Waals surface area contributed by atoms with Crippen molar-refractivity contribution in [3.8, 4) is 0 Å². The molecule has 5 heteroatoms. The molecule has 2 N–H and O–H groups in total. The fourth-order valence-electron chi connectivity index (χ4n) is 2.13. The normalized spacial score (nSPS) is 15.8. The molecule has 0 spiro atoms. The van der Waals surface area contributed by atoms with Gasteiger partial charge in [0.15, 0.2) is 5.78 Å². The molecule has 0 unspecified atom stereocenters. The Bertz CT molecular complexity index is 451. The molecule has 0 aliphatic carbocycles. The number of Topliss-reactive ketones (excluding diaryl/α,β-unsaturated/α-hetero) is 1. The molecule has 1 aromatic rings. The first kappa shape index (κ1) is 15.7. The lowest BCUT2D eigenvalue weighted by Gasteiger charge is -2.30. The minimum atomic E-state index is 0. The van der Waals surface area contributed by atoms with Crippen molar-refractivity contribution in [2.45, 2.75) is 25.8 Å². The minimum absolute atomic E-state index is 0. The monoisotopic (exact) mass is 282 g/mol. The number of halogens is 1. The van der Waals surface area contributed by atoms with E-state index in [0.717, 1.165) is 12.8 Å². The first-order chi connectivity index (χ1) is 8.58. The maximum Gasteiger partial charge on any atom is 0.253 e. The van der Waals surface area contributed by atoms with Crippen LogP contribution in [0.5, 0.6) is 0 Å². The van der Waals surface area contributed by atoms with Crippen molar-refractivity contribution in [3.05, 3.63) is 35.4 Å². The highest BCUT2D eigenvalue weighted by Crippen LogP contribution is 2.13. The number of hydrogen-bond donors (Lipinski definition) is 1. The average Bonchev–Trinajstić information content (AvgIpc) is 2.39. The second kappa shape index (κ2) is 6.68. The molecular formula is C14H19ClN2O2. The van der Waals surface area contributed by atoms with Crippen LogP contribution in [0.4, 0.5) is 0 Å². The molecule has 1 aliphatic rings. The molecule has 1 fully saturated rings. The molecule has 1 aliphatic heterocycles. The Labute approximate surface area is 119 Å². The van der Waals surface area contributed by atoms with Crippen molar-refractivity contribution >= 4 is 24.1 Å². The van der Waals surface area contributed by atoms with Crippen LogP contribution in [0, 0.1) is 0 Å². The summed E-state index contributed by atoms with van der Waals surface area (Å²) in [5, 5.41) is 0. The van der Waals surface area contributed by atoms with Gasteiger partial charge in [0.05, 0.1) is 0 Å². The molecule has 4 nitrogen and oxygen atoms in total. The third-order valence-corrected chi connectivity index (χ3v) is 3.37. The van der Waals surface area contributed by atoms with Crippen molar-refractivity contribution in [1.82, 2.24) is 4.90 Å². The smallest absolute Gasteiger partial charge is 0.253 e. The average molecular weight is 283 g/mol. The van der Waals surface area contributed by atoms with Gasteiger partial charge < -0.3 is 10.6 Å². The van der Waals surface area contributed by atoms with E-state index in [0.29, 0.717) is 24.2 Å². The molecule has 19 heavy (non-hydrogen) atoms. The van der Waals surface area contributed by atoms with Gasteiger partial charge in [-0.05, 0) is 31.9 Å². The highest BCUT2D eigenvalue weighted by molar-refractivity contribution is 5.97. The summed E-state index contributed by atoms with van der Waals surface area (Å²) in [6.07, 6.45) is 1.72. The Morgan fingerprint density at radius 2 is 1.58 bits per heavy atom. The van der Waals surface area contributed by atoms with Gasteiger partial charge in [0.1, 0.15) is 0 Å². The summed E-state index contributed by atoms with van der Waals surface area (Å²) in [5.74, 6) is 0.0370. The summed E-state index contributed by atoms with van der Waals surface area (Å²) in [6, 6.07) is 7.05. The fraction of sp³-hybridized carbons (Fsp3) is 0.429. The van der Waals surface area contributed by atoms with Gasteiger partial charge in [0, 0.05) is 30.3 Å². The van der Waals surface area contributed by atoms with Crippen molar-refractivity contribution < 1.29 is 9.59 Å². The quantitative estimate of drug-likeness (QED) is 0.843. The number of piperidine rings is 1. The molecule has 2 rings (SSSR count). The van der Waals surface area contributed by atoms with E-state index in [9.17, 15) is 9.59 Å². The molecule has 0 bridgehead atoms. The summed E-state index contributed by atoms with van der Waals surface area (Å²) in [7, 11) is 0. The summed E-state index contributed by atoms with van der Waals surface area (Å²) in [5.41, 5.74) is 7.08. The molecule has 1 heterocycles. The highest BCUT2D eigenvalue weighted by atomic mass is 35.5. The van der Waals surface area contributed by atoms with E-state index in [4.69, 9.17) is 5.73 Å². The summed E-state index contributed by atoms with van der Waals surface area (Å²) >= 11 is 0. The topological polar surface area (TPSA) is 63.4 Å². The number of benzene rings is 1. The SMILES string of the molecule is CC(=O)c1ccc(C(=O)N2CCC(N)CC2)cc1.Cl. The van der Waals surface area contributed by atoms with Gasteiger partial charge in [0.2, 0.25) is 0 Å². The van der Waals surface area contributed by atoms with Crippen LogP contribution in [0.15, 0.2) is 24.3 Å². The number of nitrogens with zero attached hydrogens (tertiary/aromatic N) is 1. The van der Waals surface area contributed by atoms with Crippen molar-refractivity contribution in [2.24, 2.45) is 5.73 Å². The number of carbonyl (C=O) groups is 2. The van der Waals surface area contributed by atoms with E-state index in [1.165, 1.54) is 6.92 Å². The highest BCUT2D eigenvalue weighted by Gasteiger charge is 2.21. The second-order valence-electron chi connectivity index (χ2n) is 4.76. The van der Waals surface area contributed by atoms with Crippen LogP contribution in [0.25, 0.3) is 0 Å². The van der Waals surface area contributed by atoms with Crippen molar-refractivity contribution in [2.75, 3.05) is 13.1 Å². The van der Waals surface area contributed by atoms with Gasteiger partial charge in [0.25, 0.3) is 5.91 Å². The van der Waals surface area contributed by atoms with Gasteiger partial charge >= 0.3 is 0 Å². The van der Waals surface area contributed by atoms with Crippen LogP contribution in [0.2, 0.25) is 0 Å². The van der Waals surface area contributed by atoms with Gasteiger partial charge in [-0.25, -0.2) is 0 Å². The Morgan fingerprint density at radius 1 is 1.11 bits per heavy atom. The Hall–Kier alpha value is -1.39. The minimum Gasteiger partial charge on any atom is -0.339 e. The van der Waals surface area contributed by atoms with E-state index in [-0.39, 0.29) is 30.1 Å². The molecule has 0 aromatic heterocycles. The standard InChI is InChI=1S/C14H18N2O2.ClH/c1-10(17)11-2-4-12(5-3-11)14(18)16-8-6-13(15)7-9-16;/h2-5,13H,6-9,15H2,1H3;1H. The van der Waals surface area contributed by atoms with E-state index >= 15 is 0 Å². The van der Waals surface area contributed by atoms with Gasteiger partial charge in [-0.15, -0.1) is 12.4 Å². The van der Waals surface area contributed by atoms with Crippen molar-refractivity contribution in [1.29, 1.82) is 0 Å².